The van der Waals surface area contributed by atoms with Crippen LogP contribution in [0.25, 0.3) is 10.9 Å². The van der Waals surface area contributed by atoms with Gasteiger partial charge in [0.2, 0.25) is 5.91 Å². The number of amides is 1. The van der Waals surface area contributed by atoms with Crippen LogP contribution < -0.4 is 10.1 Å². The van der Waals surface area contributed by atoms with E-state index in [4.69, 9.17) is 4.74 Å². The van der Waals surface area contributed by atoms with Gasteiger partial charge in [-0.1, -0.05) is 15.9 Å². The molecule has 0 spiro atoms. The minimum Gasteiger partial charge on any atom is -0.494 e. The van der Waals surface area contributed by atoms with Crippen LogP contribution in [0.3, 0.4) is 0 Å². The first-order valence-electron chi connectivity index (χ1n) is 7.58. The number of thioether (sulfide) groups is 1. The van der Waals surface area contributed by atoms with Gasteiger partial charge in [0.1, 0.15) is 5.75 Å². The molecule has 1 amide bonds. The van der Waals surface area contributed by atoms with Crippen molar-refractivity contribution in [1.82, 2.24) is 4.98 Å². The van der Waals surface area contributed by atoms with Crippen LogP contribution in [-0.2, 0) is 4.79 Å². The van der Waals surface area contributed by atoms with E-state index in [1.807, 2.05) is 49.5 Å². The highest BCUT2D eigenvalue weighted by atomic mass is 79.9. The van der Waals surface area contributed by atoms with E-state index in [9.17, 15) is 4.79 Å². The maximum Gasteiger partial charge on any atom is 0.234 e. The molecule has 24 heavy (non-hydrogen) atoms. The van der Waals surface area contributed by atoms with Gasteiger partial charge in [0.25, 0.3) is 0 Å². The summed E-state index contributed by atoms with van der Waals surface area (Å²) >= 11 is 4.99. The Morgan fingerprint density at radius 2 is 2.04 bits per heavy atom. The maximum atomic E-state index is 12.1. The van der Waals surface area contributed by atoms with Gasteiger partial charge in [0, 0.05) is 32.2 Å². The Morgan fingerprint density at radius 1 is 1.25 bits per heavy atom. The summed E-state index contributed by atoms with van der Waals surface area (Å²) in [6.45, 7) is 2.57. The van der Waals surface area contributed by atoms with E-state index in [1.54, 1.807) is 0 Å². The number of aromatic amines is 1. The van der Waals surface area contributed by atoms with Gasteiger partial charge in [-0.05, 0) is 49.4 Å². The number of H-pyrrole nitrogens is 1. The second-order valence-corrected chi connectivity index (χ2v) is 7.07. The van der Waals surface area contributed by atoms with E-state index in [-0.39, 0.29) is 5.91 Å². The smallest absolute Gasteiger partial charge is 0.234 e. The molecule has 1 heterocycles. The van der Waals surface area contributed by atoms with E-state index in [2.05, 4.69) is 32.3 Å². The summed E-state index contributed by atoms with van der Waals surface area (Å²) in [5.41, 5.74) is 1.83. The summed E-state index contributed by atoms with van der Waals surface area (Å²) < 4.78 is 6.41. The van der Waals surface area contributed by atoms with Crippen molar-refractivity contribution in [3.63, 3.8) is 0 Å². The fourth-order valence-electron chi connectivity index (χ4n) is 2.33. The zero-order chi connectivity index (χ0) is 16.9. The average Bonchev–Trinajstić information content (AvgIpc) is 2.97. The zero-order valence-corrected chi connectivity index (χ0v) is 15.5. The lowest BCUT2D eigenvalue weighted by Crippen LogP contribution is -2.13. The second-order valence-electron chi connectivity index (χ2n) is 5.14. The van der Waals surface area contributed by atoms with Crippen LogP contribution in [0.15, 0.2) is 58.0 Å². The predicted octanol–water partition coefficient (Wildman–Crippen LogP) is 5.06. The Morgan fingerprint density at radius 3 is 2.79 bits per heavy atom. The molecule has 1 aromatic heterocycles. The summed E-state index contributed by atoms with van der Waals surface area (Å²) in [6.07, 6.45) is 1.94. The van der Waals surface area contributed by atoms with Gasteiger partial charge < -0.3 is 15.0 Å². The third-order valence-corrected chi connectivity index (χ3v) is 4.96. The fourth-order valence-corrected chi connectivity index (χ4v) is 3.51. The molecule has 0 radical (unpaired) electrons. The molecule has 0 unspecified atom stereocenters. The molecule has 2 aromatic carbocycles. The third-order valence-electron chi connectivity index (χ3n) is 3.41. The summed E-state index contributed by atoms with van der Waals surface area (Å²) in [5.74, 6) is 1.12. The molecule has 0 atom stereocenters. The van der Waals surface area contributed by atoms with Gasteiger partial charge in [-0.15, -0.1) is 11.8 Å². The Hall–Kier alpha value is -1.92. The van der Waals surface area contributed by atoms with Gasteiger partial charge in [-0.25, -0.2) is 0 Å². The molecule has 0 aliphatic carbocycles. The highest BCUT2D eigenvalue weighted by Crippen LogP contribution is 2.30. The van der Waals surface area contributed by atoms with Crippen molar-refractivity contribution in [2.75, 3.05) is 17.7 Å². The monoisotopic (exact) mass is 404 g/mol. The first-order chi connectivity index (χ1) is 11.7. The lowest BCUT2D eigenvalue weighted by Gasteiger charge is -2.07. The van der Waals surface area contributed by atoms with Gasteiger partial charge in [-0.2, -0.15) is 0 Å². The van der Waals surface area contributed by atoms with Gasteiger partial charge in [0.05, 0.1) is 12.4 Å². The number of halogens is 1. The number of benzene rings is 2. The molecule has 0 saturated heterocycles. The number of nitrogens with one attached hydrogen (secondary N) is 2. The fraction of sp³-hybridized carbons (Fsp3) is 0.167. The molecular weight excluding hydrogens is 388 g/mol. The van der Waals surface area contributed by atoms with Gasteiger partial charge in [-0.3, -0.25) is 4.79 Å². The number of ether oxygens (including phenoxy) is 1. The van der Waals surface area contributed by atoms with E-state index >= 15 is 0 Å². The van der Waals surface area contributed by atoms with E-state index in [0.717, 1.165) is 31.7 Å². The molecule has 0 fully saturated rings. The first-order valence-corrected chi connectivity index (χ1v) is 9.35. The molecular formula is C18H17BrN2O2S. The van der Waals surface area contributed by atoms with Crippen LogP contribution in [0.2, 0.25) is 0 Å². The Balaban J connectivity index is 1.59. The van der Waals surface area contributed by atoms with E-state index in [0.29, 0.717) is 12.4 Å². The molecule has 0 bridgehead atoms. The van der Waals surface area contributed by atoms with Crippen LogP contribution in [0.1, 0.15) is 6.92 Å². The topological polar surface area (TPSA) is 54.1 Å². The highest BCUT2D eigenvalue weighted by molar-refractivity contribution is 9.10. The van der Waals surface area contributed by atoms with Crippen LogP contribution >= 0.6 is 27.7 Å². The maximum absolute atomic E-state index is 12.1. The second kappa shape index (κ2) is 7.77. The summed E-state index contributed by atoms with van der Waals surface area (Å²) in [4.78, 5) is 16.4. The quantitative estimate of drug-likeness (QED) is 0.564. The first kappa shape index (κ1) is 16.9. The van der Waals surface area contributed by atoms with Crippen molar-refractivity contribution in [2.24, 2.45) is 0 Å². The Kier molecular flexibility index (Phi) is 5.48. The highest BCUT2D eigenvalue weighted by Gasteiger charge is 2.08. The molecule has 3 aromatic rings. The lowest BCUT2D eigenvalue weighted by molar-refractivity contribution is -0.113. The van der Waals surface area contributed by atoms with Crippen LogP contribution in [0.4, 0.5) is 5.69 Å². The van der Waals surface area contributed by atoms with Crippen molar-refractivity contribution in [3.05, 3.63) is 53.1 Å². The number of hydrogen-bond acceptors (Lipinski definition) is 3. The number of aromatic nitrogens is 1. The molecule has 0 aliphatic rings. The minimum absolute atomic E-state index is 0.0338. The molecule has 0 saturated carbocycles. The normalized spacial score (nSPS) is 10.8. The molecule has 4 nitrogen and oxygen atoms in total. The average molecular weight is 405 g/mol. The van der Waals surface area contributed by atoms with Crippen molar-refractivity contribution in [1.29, 1.82) is 0 Å². The van der Waals surface area contributed by atoms with Crippen molar-refractivity contribution < 1.29 is 9.53 Å². The van der Waals surface area contributed by atoms with Crippen molar-refractivity contribution in [2.45, 2.75) is 11.8 Å². The SMILES string of the molecule is CCOc1ccc(NC(=O)CSc2c[nH]c3ccc(Br)cc23)cc1. The largest absolute Gasteiger partial charge is 0.494 e. The minimum atomic E-state index is -0.0338. The van der Waals surface area contributed by atoms with E-state index in [1.165, 1.54) is 11.8 Å². The zero-order valence-electron chi connectivity index (χ0n) is 13.1. The number of anilines is 1. The molecule has 3 rings (SSSR count). The van der Waals surface area contributed by atoms with Gasteiger partial charge >= 0.3 is 0 Å². The Bertz CT molecular complexity index is 846. The summed E-state index contributed by atoms with van der Waals surface area (Å²) in [5, 5.41) is 4.01. The van der Waals surface area contributed by atoms with Crippen molar-refractivity contribution >= 4 is 50.2 Å². The number of rotatable bonds is 6. The van der Waals surface area contributed by atoms with Gasteiger partial charge in [0.15, 0.2) is 0 Å². The van der Waals surface area contributed by atoms with Crippen LogP contribution in [0, 0.1) is 0 Å². The summed E-state index contributed by atoms with van der Waals surface area (Å²) in [6, 6.07) is 13.5. The van der Waals surface area contributed by atoms with E-state index < -0.39 is 0 Å². The van der Waals surface area contributed by atoms with Crippen LogP contribution in [-0.4, -0.2) is 23.3 Å². The molecule has 2 N–H and O–H groups in total. The number of fused-ring (bicyclic) bond motifs is 1. The molecule has 6 heteroatoms. The predicted molar refractivity (Wildman–Crippen MR) is 103 cm³/mol. The molecule has 124 valence electrons. The molecule has 0 aliphatic heterocycles. The number of carbonyl (C=O) groups excluding carboxylic acids is 1. The standard InChI is InChI=1S/C18H17BrN2O2S/c1-2-23-14-6-4-13(5-7-14)21-18(22)11-24-17-10-20-16-8-3-12(19)9-15(16)17/h3-10,20H,2,11H2,1H3,(H,21,22). The summed E-state index contributed by atoms with van der Waals surface area (Å²) in [7, 11) is 0. The number of carbonyl (C=O) groups is 1. The van der Waals surface area contributed by atoms with Crippen LogP contribution in [0.5, 0.6) is 5.75 Å². The third kappa shape index (κ3) is 4.13. The Labute approximate surface area is 153 Å². The lowest BCUT2D eigenvalue weighted by atomic mass is 10.2. The number of hydrogen-bond donors (Lipinski definition) is 2. The van der Waals surface area contributed by atoms with Crippen molar-refractivity contribution in [3.8, 4) is 5.75 Å².